The van der Waals surface area contributed by atoms with Crippen molar-refractivity contribution in [3.8, 4) is 6.07 Å². The third kappa shape index (κ3) is 4.69. The second-order valence-corrected chi connectivity index (χ2v) is 11.1. The summed E-state index contributed by atoms with van der Waals surface area (Å²) in [4.78, 5) is 17.0. The summed E-state index contributed by atoms with van der Waals surface area (Å²) in [5.74, 6) is 1.10. The van der Waals surface area contributed by atoms with Gasteiger partial charge in [-0.15, -0.1) is 4.52 Å². The van der Waals surface area contributed by atoms with Crippen LogP contribution in [0, 0.1) is 23.3 Å². The second-order valence-electron chi connectivity index (χ2n) is 10.8. The van der Waals surface area contributed by atoms with Crippen LogP contribution in [0.3, 0.4) is 0 Å². The molecule has 1 atom stereocenters. The number of piperidine rings is 1. The quantitative estimate of drug-likeness (QED) is 0.390. The fourth-order valence-electron chi connectivity index (χ4n) is 5.58. The van der Waals surface area contributed by atoms with Crippen molar-refractivity contribution in [2.75, 3.05) is 48.3 Å². The van der Waals surface area contributed by atoms with Crippen molar-refractivity contribution in [3.05, 3.63) is 40.3 Å². The molecule has 3 aliphatic rings. The lowest BCUT2D eigenvalue weighted by Gasteiger charge is -2.54. The molecule has 3 aromatic rings. The maximum atomic E-state index is 9.75. The summed E-state index contributed by atoms with van der Waals surface area (Å²) < 4.78 is 1.47. The number of aliphatic hydroxyl groups excluding tert-OH is 1. The van der Waals surface area contributed by atoms with Crippen LogP contribution in [0.2, 0.25) is 5.02 Å². The Morgan fingerprint density at radius 1 is 1.32 bits per heavy atom. The standard InChI is InChI=1S/C26H29ClN10O/c1-16(38)13-35-14-26(15-35)5-7-36(8-6-26)20-10-17(11-28)9-19(22(20)27)32-25-33-23(31-18-3-4-18)24-30-12-21(29-2)37(24)34-25/h9-10,12,16,18,38H,3-8,13-15H2,1H3,(H2,31,32,33,34). The van der Waals surface area contributed by atoms with Crippen molar-refractivity contribution in [1.29, 1.82) is 5.26 Å². The number of nitrogens with one attached hydrogen (secondary N) is 2. The molecule has 4 heterocycles. The minimum atomic E-state index is -0.308. The fraction of sp³-hybridized carbons (Fsp3) is 0.500. The van der Waals surface area contributed by atoms with E-state index in [4.69, 9.17) is 18.2 Å². The summed E-state index contributed by atoms with van der Waals surface area (Å²) in [6.45, 7) is 13.7. The maximum absolute atomic E-state index is 9.75. The average Bonchev–Trinajstić information content (AvgIpc) is 3.60. The number of rotatable bonds is 7. The van der Waals surface area contributed by atoms with Crippen LogP contribution in [0.4, 0.5) is 29.0 Å². The molecule has 0 bridgehead atoms. The topological polar surface area (TPSA) is 122 Å². The summed E-state index contributed by atoms with van der Waals surface area (Å²) >= 11 is 6.92. The van der Waals surface area contributed by atoms with Crippen molar-refractivity contribution in [2.45, 2.75) is 44.8 Å². The van der Waals surface area contributed by atoms with Gasteiger partial charge in [-0.2, -0.15) is 10.2 Å². The Hall–Kier alpha value is -3.64. The van der Waals surface area contributed by atoms with Crippen LogP contribution in [-0.2, 0) is 0 Å². The van der Waals surface area contributed by atoms with E-state index in [9.17, 15) is 10.4 Å². The Labute approximate surface area is 225 Å². The Morgan fingerprint density at radius 3 is 2.74 bits per heavy atom. The largest absolute Gasteiger partial charge is 0.392 e. The number of hydrogen-bond acceptors (Lipinski definition) is 9. The zero-order chi connectivity index (χ0) is 26.4. The van der Waals surface area contributed by atoms with E-state index >= 15 is 0 Å². The van der Waals surface area contributed by atoms with E-state index in [1.54, 1.807) is 6.07 Å². The number of nitriles is 1. The number of anilines is 4. The van der Waals surface area contributed by atoms with Gasteiger partial charge in [-0.3, -0.25) is 4.90 Å². The molecule has 3 fully saturated rings. The van der Waals surface area contributed by atoms with E-state index in [2.05, 4.69) is 46.4 Å². The van der Waals surface area contributed by atoms with Gasteiger partial charge in [0.1, 0.15) is 0 Å². The molecular formula is C26H29ClN10O. The predicted molar refractivity (Wildman–Crippen MR) is 145 cm³/mol. The zero-order valence-electron chi connectivity index (χ0n) is 21.2. The van der Waals surface area contributed by atoms with Crippen LogP contribution in [0.1, 0.15) is 38.2 Å². The van der Waals surface area contributed by atoms with Crippen molar-refractivity contribution < 1.29 is 5.11 Å². The van der Waals surface area contributed by atoms with Crippen LogP contribution in [0.15, 0.2) is 18.3 Å². The molecule has 1 aliphatic carbocycles. The third-order valence-corrected chi connectivity index (χ3v) is 8.01. The van der Waals surface area contributed by atoms with E-state index in [0.29, 0.717) is 39.2 Å². The Kier molecular flexibility index (Phi) is 6.23. The van der Waals surface area contributed by atoms with Crippen molar-refractivity contribution in [3.63, 3.8) is 0 Å². The van der Waals surface area contributed by atoms with Gasteiger partial charge in [-0.05, 0) is 50.2 Å². The smallest absolute Gasteiger partial charge is 0.275 e. The van der Waals surface area contributed by atoms with Crippen LogP contribution in [-0.4, -0.2) is 74.5 Å². The molecule has 1 spiro atoms. The van der Waals surface area contributed by atoms with Gasteiger partial charge in [0, 0.05) is 38.8 Å². The first-order chi connectivity index (χ1) is 18.4. The monoisotopic (exact) mass is 532 g/mol. The van der Waals surface area contributed by atoms with E-state index in [0.717, 1.165) is 64.1 Å². The molecule has 0 radical (unpaired) electrons. The van der Waals surface area contributed by atoms with Crippen LogP contribution < -0.4 is 15.5 Å². The highest BCUT2D eigenvalue weighted by Gasteiger charge is 2.45. The van der Waals surface area contributed by atoms with Gasteiger partial charge in [0.15, 0.2) is 5.82 Å². The highest BCUT2D eigenvalue weighted by atomic mass is 35.5. The summed E-state index contributed by atoms with van der Waals surface area (Å²) in [5.41, 5.74) is 2.63. The zero-order valence-corrected chi connectivity index (χ0v) is 21.9. The first-order valence-electron chi connectivity index (χ1n) is 12.9. The molecule has 3 N–H and O–H groups in total. The Bertz CT molecular complexity index is 1450. The van der Waals surface area contributed by atoms with Crippen molar-refractivity contribution in [2.24, 2.45) is 5.41 Å². The molecule has 0 amide bonds. The Morgan fingerprint density at radius 2 is 2.08 bits per heavy atom. The number of β-amino-alcohol motifs (C(OH)–C–C–N with tert-alkyl or cyclic N) is 1. The number of imidazole rings is 1. The predicted octanol–water partition coefficient (Wildman–Crippen LogP) is 3.80. The van der Waals surface area contributed by atoms with E-state index in [1.165, 1.54) is 10.7 Å². The molecular weight excluding hydrogens is 504 g/mol. The molecule has 196 valence electrons. The van der Waals surface area contributed by atoms with E-state index in [-0.39, 0.29) is 17.9 Å². The summed E-state index contributed by atoms with van der Waals surface area (Å²) in [5, 5.41) is 31.0. The molecule has 6 rings (SSSR count). The molecule has 11 nitrogen and oxygen atoms in total. The first kappa shape index (κ1) is 24.7. The SMILES string of the molecule is [C-]#[N+]c1cnc2c(NC3CC3)nc(Nc3cc(C#N)cc(N4CCC5(CC4)CN(CC(C)O)C5)c3Cl)nn12. The molecule has 2 saturated heterocycles. The summed E-state index contributed by atoms with van der Waals surface area (Å²) in [6.07, 6.45) is 5.37. The van der Waals surface area contributed by atoms with Gasteiger partial charge >= 0.3 is 0 Å². The minimum Gasteiger partial charge on any atom is -0.392 e. The molecule has 1 unspecified atom stereocenters. The highest BCUT2D eigenvalue weighted by molar-refractivity contribution is 6.36. The highest BCUT2D eigenvalue weighted by Crippen LogP contribution is 2.44. The number of likely N-dealkylation sites (tertiary alicyclic amines) is 1. The van der Waals surface area contributed by atoms with Crippen LogP contribution >= 0.6 is 11.6 Å². The minimum absolute atomic E-state index is 0.261. The molecule has 12 heteroatoms. The number of hydrogen-bond donors (Lipinski definition) is 3. The summed E-state index contributed by atoms with van der Waals surface area (Å²) in [7, 11) is 0. The number of nitrogens with zero attached hydrogens (tertiary/aromatic N) is 8. The number of halogens is 1. The lowest BCUT2D eigenvalue weighted by Crippen LogP contribution is -2.61. The Balaban J connectivity index is 1.25. The average molecular weight is 533 g/mol. The number of aliphatic hydroxyl groups is 1. The molecule has 2 aromatic heterocycles. The molecule has 1 saturated carbocycles. The fourth-order valence-corrected chi connectivity index (χ4v) is 5.85. The van der Waals surface area contributed by atoms with E-state index < -0.39 is 0 Å². The summed E-state index contributed by atoms with van der Waals surface area (Å²) in [6, 6.07) is 6.12. The first-order valence-corrected chi connectivity index (χ1v) is 13.3. The van der Waals surface area contributed by atoms with Gasteiger partial charge in [-0.25, -0.2) is 4.98 Å². The molecule has 1 aromatic carbocycles. The van der Waals surface area contributed by atoms with Gasteiger partial charge in [0.25, 0.3) is 17.4 Å². The normalized spacial score (nSPS) is 19.6. The van der Waals surface area contributed by atoms with Crippen LogP contribution in [0.5, 0.6) is 0 Å². The lowest BCUT2D eigenvalue weighted by molar-refractivity contribution is -0.0387. The second kappa shape index (κ2) is 9.59. The number of aromatic nitrogens is 4. The van der Waals surface area contributed by atoms with Gasteiger partial charge in [-0.1, -0.05) is 23.3 Å². The van der Waals surface area contributed by atoms with Crippen LogP contribution in [0.25, 0.3) is 10.5 Å². The molecule has 2 aliphatic heterocycles. The van der Waals surface area contributed by atoms with Crippen molar-refractivity contribution in [1.82, 2.24) is 24.5 Å². The van der Waals surface area contributed by atoms with Gasteiger partial charge in [0.2, 0.25) is 0 Å². The van der Waals surface area contributed by atoms with Crippen molar-refractivity contribution >= 4 is 46.2 Å². The number of benzene rings is 1. The third-order valence-electron chi connectivity index (χ3n) is 7.61. The molecule has 38 heavy (non-hydrogen) atoms. The van der Waals surface area contributed by atoms with Gasteiger partial charge < -0.3 is 25.5 Å². The van der Waals surface area contributed by atoms with E-state index in [1.807, 2.05) is 13.0 Å². The van der Waals surface area contributed by atoms with Gasteiger partial charge in [0.05, 0.1) is 40.3 Å². The lowest BCUT2D eigenvalue weighted by atomic mass is 9.72. The number of fused-ring (bicyclic) bond motifs is 1. The maximum Gasteiger partial charge on any atom is 0.275 e.